The van der Waals surface area contributed by atoms with Gasteiger partial charge in [0.2, 0.25) is 5.76 Å². The van der Waals surface area contributed by atoms with Crippen LogP contribution in [0.15, 0.2) is 54.3 Å². The molecule has 19 heavy (non-hydrogen) atoms. The monoisotopic (exact) mass is 255 g/mol. The van der Waals surface area contributed by atoms with Gasteiger partial charge in [0.1, 0.15) is 0 Å². The molecule has 0 saturated heterocycles. The van der Waals surface area contributed by atoms with Crippen LogP contribution in [-0.4, -0.2) is 23.2 Å². The van der Waals surface area contributed by atoms with E-state index < -0.39 is 5.97 Å². The molecular weight excluding hydrogens is 242 g/mol. The van der Waals surface area contributed by atoms with Crippen LogP contribution in [0.5, 0.6) is 0 Å². The summed E-state index contributed by atoms with van der Waals surface area (Å²) in [6.45, 7) is 0. The number of aliphatic carboxylic acids is 1. The van der Waals surface area contributed by atoms with Gasteiger partial charge in [-0.05, 0) is 24.3 Å². The average molecular weight is 255 g/mol. The number of methoxy groups -OCH3 is 1. The lowest BCUT2D eigenvalue weighted by atomic mass is 10.2. The van der Waals surface area contributed by atoms with Gasteiger partial charge in [-0.25, -0.2) is 9.78 Å². The standard InChI is InChI=1S/C15H13NO3/c1-19-14(15(17)18)8-4-6-12-10-9-11-5-2-3-7-13(11)16-12/h2-10H,1H3,(H,17,18). The van der Waals surface area contributed by atoms with E-state index in [1.54, 1.807) is 12.2 Å². The summed E-state index contributed by atoms with van der Waals surface area (Å²) in [5.41, 5.74) is 1.66. The minimum atomic E-state index is -1.10. The van der Waals surface area contributed by atoms with Gasteiger partial charge in [-0.3, -0.25) is 0 Å². The van der Waals surface area contributed by atoms with Crippen LogP contribution in [0.2, 0.25) is 0 Å². The second-order valence-corrected chi connectivity index (χ2v) is 3.83. The smallest absolute Gasteiger partial charge is 0.371 e. The number of benzene rings is 1. The van der Waals surface area contributed by atoms with E-state index in [0.717, 1.165) is 16.6 Å². The summed E-state index contributed by atoms with van der Waals surface area (Å²) in [5, 5.41) is 9.84. The predicted molar refractivity (Wildman–Crippen MR) is 73.5 cm³/mol. The van der Waals surface area contributed by atoms with E-state index in [9.17, 15) is 4.79 Å². The lowest BCUT2D eigenvalue weighted by Gasteiger charge is -1.98. The van der Waals surface area contributed by atoms with Crippen LogP contribution in [0, 0.1) is 0 Å². The molecule has 96 valence electrons. The second-order valence-electron chi connectivity index (χ2n) is 3.83. The van der Waals surface area contributed by atoms with Gasteiger partial charge in [0.15, 0.2) is 0 Å². The fourth-order valence-corrected chi connectivity index (χ4v) is 1.64. The number of hydrogen-bond acceptors (Lipinski definition) is 3. The normalized spacial score (nSPS) is 11.9. The first-order chi connectivity index (χ1) is 9.20. The van der Waals surface area contributed by atoms with Crippen molar-refractivity contribution in [2.24, 2.45) is 0 Å². The fraction of sp³-hybridized carbons (Fsp3) is 0.0667. The highest BCUT2D eigenvalue weighted by Crippen LogP contribution is 2.12. The zero-order chi connectivity index (χ0) is 13.7. The molecule has 0 unspecified atom stereocenters. The van der Waals surface area contributed by atoms with Gasteiger partial charge in [0, 0.05) is 5.39 Å². The molecule has 0 amide bonds. The molecule has 0 aliphatic rings. The topological polar surface area (TPSA) is 59.4 Å². The molecule has 0 aliphatic heterocycles. The van der Waals surface area contributed by atoms with E-state index in [1.807, 2.05) is 36.4 Å². The Balaban J connectivity index is 2.23. The van der Waals surface area contributed by atoms with Crippen molar-refractivity contribution in [2.75, 3.05) is 7.11 Å². The molecule has 4 nitrogen and oxygen atoms in total. The molecule has 0 saturated carbocycles. The van der Waals surface area contributed by atoms with Crippen LogP contribution in [0.4, 0.5) is 0 Å². The Labute approximate surface area is 110 Å². The molecule has 0 aliphatic carbocycles. The van der Waals surface area contributed by atoms with Crippen molar-refractivity contribution >= 4 is 22.9 Å². The van der Waals surface area contributed by atoms with Crippen LogP contribution in [0.1, 0.15) is 5.69 Å². The Morgan fingerprint density at radius 1 is 1.26 bits per heavy atom. The quantitative estimate of drug-likeness (QED) is 0.518. The molecule has 1 aromatic heterocycles. The van der Waals surface area contributed by atoms with Crippen LogP contribution in [0.25, 0.3) is 17.0 Å². The highest BCUT2D eigenvalue weighted by atomic mass is 16.5. The summed E-state index contributed by atoms with van der Waals surface area (Å²) in [4.78, 5) is 15.1. The molecule has 0 radical (unpaired) electrons. The number of hydrogen-bond donors (Lipinski definition) is 1. The number of aromatic nitrogens is 1. The van der Waals surface area contributed by atoms with Gasteiger partial charge in [-0.2, -0.15) is 0 Å². The maximum absolute atomic E-state index is 10.7. The summed E-state index contributed by atoms with van der Waals surface area (Å²) in [5.74, 6) is -1.21. The van der Waals surface area contributed by atoms with Crippen molar-refractivity contribution in [1.82, 2.24) is 4.98 Å². The largest absolute Gasteiger partial charge is 0.490 e. The Bertz CT molecular complexity index is 659. The number of carboxylic acid groups (broad SMARTS) is 1. The van der Waals surface area contributed by atoms with E-state index in [-0.39, 0.29) is 5.76 Å². The van der Waals surface area contributed by atoms with Crippen molar-refractivity contribution in [3.8, 4) is 0 Å². The molecular formula is C15H13NO3. The first kappa shape index (κ1) is 12.8. The number of allylic oxidation sites excluding steroid dienone is 2. The summed E-state index contributed by atoms with van der Waals surface area (Å²) in [6.07, 6.45) is 4.72. The SMILES string of the molecule is COC(=CC=Cc1ccc2ccccc2n1)C(=O)O. The third-order valence-corrected chi connectivity index (χ3v) is 2.57. The van der Waals surface area contributed by atoms with Gasteiger partial charge in [0.05, 0.1) is 18.3 Å². The van der Waals surface area contributed by atoms with Gasteiger partial charge < -0.3 is 9.84 Å². The first-order valence-electron chi connectivity index (χ1n) is 5.72. The molecule has 0 fully saturated rings. The van der Waals surface area contributed by atoms with Gasteiger partial charge >= 0.3 is 5.97 Å². The third-order valence-electron chi connectivity index (χ3n) is 2.57. The molecule has 4 heteroatoms. The minimum absolute atomic E-state index is 0.114. The number of nitrogens with zero attached hydrogens (tertiary/aromatic N) is 1. The zero-order valence-electron chi connectivity index (χ0n) is 10.4. The number of ether oxygens (including phenoxy) is 1. The van der Waals surface area contributed by atoms with E-state index >= 15 is 0 Å². The lowest BCUT2D eigenvalue weighted by molar-refractivity contribution is -0.136. The van der Waals surface area contributed by atoms with Crippen LogP contribution >= 0.6 is 0 Å². The Morgan fingerprint density at radius 3 is 2.79 bits per heavy atom. The fourth-order valence-electron chi connectivity index (χ4n) is 1.64. The van der Waals surface area contributed by atoms with Crippen LogP contribution in [-0.2, 0) is 9.53 Å². The van der Waals surface area contributed by atoms with E-state index in [4.69, 9.17) is 9.84 Å². The van der Waals surface area contributed by atoms with E-state index in [2.05, 4.69) is 4.98 Å². The second kappa shape index (κ2) is 5.82. The van der Waals surface area contributed by atoms with Crippen molar-refractivity contribution in [3.05, 3.63) is 60.0 Å². The van der Waals surface area contributed by atoms with Crippen molar-refractivity contribution in [1.29, 1.82) is 0 Å². The molecule has 1 aromatic carbocycles. The van der Waals surface area contributed by atoms with E-state index in [0.29, 0.717) is 0 Å². The lowest BCUT2D eigenvalue weighted by Crippen LogP contribution is -2.01. The molecule has 1 heterocycles. The highest BCUT2D eigenvalue weighted by molar-refractivity contribution is 5.85. The van der Waals surface area contributed by atoms with Gasteiger partial charge in [-0.15, -0.1) is 0 Å². The number of carbonyl (C=O) groups is 1. The van der Waals surface area contributed by atoms with Crippen LogP contribution < -0.4 is 0 Å². The summed E-state index contributed by atoms with van der Waals surface area (Å²) >= 11 is 0. The van der Waals surface area contributed by atoms with Crippen molar-refractivity contribution in [2.45, 2.75) is 0 Å². The number of carboxylic acids is 1. The van der Waals surface area contributed by atoms with Gasteiger partial charge in [0.25, 0.3) is 0 Å². The number of pyridine rings is 1. The Morgan fingerprint density at radius 2 is 2.05 bits per heavy atom. The van der Waals surface area contributed by atoms with E-state index in [1.165, 1.54) is 13.2 Å². The molecule has 2 aromatic rings. The average Bonchev–Trinajstić information content (AvgIpc) is 2.43. The van der Waals surface area contributed by atoms with Crippen molar-refractivity contribution < 1.29 is 14.6 Å². The number of rotatable bonds is 4. The Kier molecular flexibility index (Phi) is 3.93. The third kappa shape index (κ3) is 3.19. The predicted octanol–water partition coefficient (Wildman–Crippen LogP) is 2.86. The highest BCUT2D eigenvalue weighted by Gasteiger charge is 2.03. The summed E-state index contributed by atoms with van der Waals surface area (Å²) in [6, 6.07) is 11.7. The molecule has 0 bridgehead atoms. The maximum atomic E-state index is 10.7. The molecule has 2 rings (SSSR count). The maximum Gasteiger partial charge on any atom is 0.371 e. The zero-order valence-corrected chi connectivity index (χ0v) is 10.4. The van der Waals surface area contributed by atoms with Crippen LogP contribution in [0.3, 0.4) is 0 Å². The first-order valence-corrected chi connectivity index (χ1v) is 5.72. The summed E-state index contributed by atoms with van der Waals surface area (Å²) in [7, 11) is 1.32. The molecule has 0 spiro atoms. The molecule has 1 N–H and O–H groups in total. The summed E-state index contributed by atoms with van der Waals surface area (Å²) < 4.78 is 4.71. The Hall–Kier alpha value is -2.62. The van der Waals surface area contributed by atoms with Crippen molar-refractivity contribution in [3.63, 3.8) is 0 Å². The van der Waals surface area contributed by atoms with Gasteiger partial charge in [-0.1, -0.05) is 30.3 Å². The number of para-hydroxylation sites is 1. The minimum Gasteiger partial charge on any atom is -0.490 e. The molecule has 0 atom stereocenters. The number of fused-ring (bicyclic) bond motifs is 1.